The summed E-state index contributed by atoms with van der Waals surface area (Å²) in [5.41, 5.74) is 6.90. The Morgan fingerprint density at radius 3 is 2.74 bits per heavy atom. The summed E-state index contributed by atoms with van der Waals surface area (Å²) in [5, 5.41) is 5.80. The second kappa shape index (κ2) is 7.84. The number of carbonyl (C=O) groups is 2. The molecule has 1 saturated heterocycles. The van der Waals surface area contributed by atoms with Gasteiger partial charge in [-0.15, -0.1) is 0 Å². The van der Waals surface area contributed by atoms with Crippen molar-refractivity contribution in [2.45, 2.75) is 64.6 Å². The second-order valence-electron chi connectivity index (χ2n) is 8.75. The van der Waals surface area contributed by atoms with E-state index in [1.165, 1.54) is 0 Å². The molecule has 148 valence electrons. The highest BCUT2D eigenvalue weighted by Gasteiger charge is 2.34. The minimum absolute atomic E-state index is 0.0732. The molecule has 1 aliphatic heterocycles. The fourth-order valence-corrected chi connectivity index (χ4v) is 4.01. The molecule has 3 amide bonds. The highest BCUT2D eigenvalue weighted by Crippen LogP contribution is 2.30. The number of carbonyl (C=O) groups excluding carboxylic acids is 2. The van der Waals surface area contributed by atoms with Crippen LogP contribution in [0.3, 0.4) is 0 Å². The molecule has 2 fully saturated rings. The van der Waals surface area contributed by atoms with Gasteiger partial charge in [-0.25, -0.2) is 9.78 Å². The molecular formula is C20H31N5O2. The second-order valence-corrected chi connectivity index (χ2v) is 8.75. The third-order valence-corrected chi connectivity index (χ3v) is 5.64. The highest BCUT2D eigenvalue weighted by molar-refractivity contribution is 5.94. The van der Waals surface area contributed by atoms with Crippen LogP contribution in [0.1, 0.15) is 52.0 Å². The van der Waals surface area contributed by atoms with Crippen LogP contribution < -0.4 is 16.4 Å². The lowest BCUT2D eigenvalue weighted by Crippen LogP contribution is -2.43. The number of hydrogen-bond donors (Lipinski definition) is 3. The van der Waals surface area contributed by atoms with E-state index >= 15 is 0 Å². The van der Waals surface area contributed by atoms with Crippen LogP contribution in [0.2, 0.25) is 0 Å². The number of amides is 3. The molecule has 0 aromatic carbocycles. The van der Waals surface area contributed by atoms with Crippen LogP contribution in [0, 0.1) is 11.8 Å². The molecule has 0 unspecified atom stereocenters. The number of rotatable bonds is 5. The van der Waals surface area contributed by atoms with E-state index in [1.807, 2.05) is 26.0 Å². The zero-order valence-electron chi connectivity index (χ0n) is 16.5. The monoisotopic (exact) mass is 373 g/mol. The minimum atomic E-state index is -0.506. The molecule has 2 heterocycles. The van der Waals surface area contributed by atoms with Gasteiger partial charge < -0.3 is 21.3 Å². The van der Waals surface area contributed by atoms with Crippen molar-refractivity contribution in [2.24, 2.45) is 17.6 Å². The average molecular weight is 374 g/mol. The number of pyridine rings is 1. The van der Waals surface area contributed by atoms with Gasteiger partial charge in [0.1, 0.15) is 5.82 Å². The maximum Gasteiger partial charge on any atom is 0.318 e. The lowest BCUT2D eigenvalue weighted by molar-refractivity contribution is -0.118. The fraction of sp³-hybridized carbons (Fsp3) is 0.650. The molecule has 2 aliphatic rings. The molecule has 4 N–H and O–H groups in total. The van der Waals surface area contributed by atoms with Crippen LogP contribution >= 0.6 is 0 Å². The third-order valence-electron chi connectivity index (χ3n) is 5.64. The summed E-state index contributed by atoms with van der Waals surface area (Å²) in [6.07, 6.45) is 5.92. The molecule has 3 rings (SSSR count). The van der Waals surface area contributed by atoms with E-state index in [9.17, 15) is 9.59 Å². The third kappa shape index (κ3) is 4.97. The van der Waals surface area contributed by atoms with Crippen molar-refractivity contribution in [3.8, 4) is 0 Å². The summed E-state index contributed by atoms with van der Waals surface area (Å²) in [6.45, 7) is 7.36. The number of nitrogens with zero attached hydrogens (tertiary/aromatic N) is 2. The summed E-state index contributed by atoms with van der Waals surface area (Å²) in [5.74, 6) is 1.26. The smallest absolute Gasteiger partial charge is 0.318 e. The molecule has 7 nitrogen and oxygen atoms in total. The number of nitrogens with one attached hydrogen (secondary N) is 2. The van der Waals surface area contributed by atoms with Crippen molar-refractivity contribution in [1.29, 1.82) is 0 Å². The molecule has 1 saturated carbocycles. The van der Waals surface area contributed by atoms with Crippen LogP contribution in [0.25, 0.3) is 0 Å². The first-order valence-electron chi connectivity index (χ1n) is 9.82. The van der Waals surface area contributed by atoms with Crippen LogP contribution in [0.4, 0.5) is 10.6 Å². The van der Waals surface area contributed by atoms with Crippen LogP contribution in [0.15, 0.2) is 18.3 Å². The molecule has 1 atom stereocenters. The first-order valence-corrected chi connectivity index (χ1v) is 9.82. The first kappa shape index (κ1) is 19.6. The Balaban J connectivity index is 1.59. The molecule has 1 aromatic rings. The molecule has 0 bridgehead atoms. The first-order chi connectivity index (χ1) is 12.7. The number of anilines is 1. The molecule has 1 aromatic heterocycles. The Bertz CT molecular complexity index is 697. The lowest BCUT2D eigenvalue weighted by atomic mass is 9.79. The number of aromatic nitrogens is 1. The van der Waals surface area contributed by atoms with Crippen molar-refractivity contribution in [3.05, 3.63) is 23.9 Å². The van der Waals surface area contributed by atoms with Gasteiger partial charge in [-0.3, -0.25) is 4.79 Å². The Labute approximate surface area is 161 Å². The van der Waals surface area contributed by atoms with Gasteiger partial charge in [0.25, 0.3) is 0 Å². The predicted octanol–water partition coefficient (Wildman–Crippen LogP) is 2.48. The van der Waals surface area contributed by atoms with E-state index in [0.29, 0.717) is 18.9 Å². The van der Waals surface area contributed by atoms with Gasteiger partial charge in [0.05, 0.1) is 11.6 Å². The van der Waals surface area contributed by atoms with Crippen LogP contribution in [-0.2, 0) is 11.3 Å². The van der Waals surface area contributed by atoms with Crippen molar-refractivity contribution in [3.63, 3.8) is 0 Å². The van der Waals surface area contributed by atoms with Gasteiger partial charge in [-0.05, 0) is 56.2 Å². The van der Waals surface area contributed by atoms with E-state index in [0.717, 1.165) is 37.2 Å². The summed E-state index contributed by atoms with van der Waals surface area (Å²) in [4.78, 5) is 30.6. The summed E-state index contributed by atoms with van der Waals surface area (Å²) in [7, 11) is 0. The quantitative estimate of drug-likeness (QED) is 0.738. The Morgan fingerprint density at radius 1 is 1.41 bits per heavy atom. The van der Waals surface area contributed by atoms with E-state index < -0.39 is 6.04 Å². The number of nitrogens with two attached hydrogens (primary N) is 1. The van der Waals surface area contributed by atoms with E-state index in [2.05, 4.69) is 22.5 Å². The van der Waals surface area contributed by atoms with Crippen LogP contribution in [0.5, 0.6) is 0 Å². The zero-order chi connectivity index (χ0) is 19.6. The van der Waals surface area contributed by atoms with E-state index in [-0.39, 0.29) is 23.4 Å². The van der Waals surface area contributed by atoms with Crippen molar-refractivity contribution in [2.75, 3.05) is 11.9 Å². The minimum Gasteiger partial charge on any atom is -0.331 e. The van der Waals surface area contributed by atoms with Gasteiger partial charge in [0, 0.05) is 19.3 Å². The largest absolute Gasteiger partial charge is 0.331 e. The van der Waals surface area contributed by atoms with Gasteiger partial charge >= 0.3 is 6.03 Å². The molecule has 0 radical (unpaired) electrons. The summed E-state index contributed by atoms with van der Waals surface area (Å²) < 4.78 is 0. The van der Waals surface area contributed by atoms with Crippen LogP contribution in [-0.4, -0.2) is 39.9 Å². The summed E-state index contributed by atoms with van der Waals surface area (Å²) >= 11 is 0. The van der Waals surface area contributed by atoms with Crippen molar-refractivity contribution >= 4 is 17.8 Å². The van der Waals surface area contributed by atoms with Gasteiger partial charge in [0.2, 0.25) is 5.91 Å². The molecule has 1 aliphatic carbocycles. The molecular weight excluding hydrogens is 342 g/mol. The Morgan fingerprint density at radius 2 is 2.11 bits per heavy atom. The van der Waals surface area contributed by atoms with Crippen molar-refractivity contribution in [1.82, 2.24) is 15.2 Å². The molecule has 0 spiro atoms. The molecule has 7 heteroatoms. The normalized spacial score (nSPS) is 25.8. The maximum absolute atomic E-state index is 12.5. The van der Waals surface area contributed by atoms with E-state index in [4.69, 9.17) is 5.73 Å². The Hall–Kier alpha value is -2.15. The maximum atomic E-state index is 12.5. The topological polar surface area (TPSA) is 100 Å². The van der Waals surface area contributed by atoms with Gasteiger partial charge in [-0.1, -0.05) is 19.8 Å². The average Bonchev–Trinajstić information content (AvgIpc) is 2.86. The standard InChI is InChI=1S/C20H31N5O2/c1-13-4-6-15(7-5-13)17(21)18(26)23-16-10-14(8-9-22-16)11-25-12-20(2,3)24-19(25)27/h8-10,13,15,17H,4-7,11-12,21H2,1-3H3,(H,24,27)(H,22,23,26)/t13?,15?,17-/m0/s1. The SMILES string of the molecule is CC1CCC([C@H](N)C(=O)Nc2cc(CN3CC(C)(C)NC3=O)ccn2)CC1. The van der Waals surface area contributed by atoms with Gasteiger partial charge in [0.15, 0.2) is 0 Å². The van der Waals surface area contributed by atoms with Gasteiger partial charge in [-0.2, -0.15) is 0 Å². The zero-order valence-corrected chi connectivity index (χ0v) is 16.5. The molecule has 27 heavy (non-hydrogen) atoms. The summed E-state index contributed by atoms with van der Waals surface area (Å²) in [6, 6.07) is 3.09. The number of urea groups is 1. The highest BCUT2D eigenvalue weighted by atomic mass is 16.2. The fourth-order valence-electron chi connectivity index (χ4n) is 4.01. The number of hydrogen-bond acceptors (Lipinski definition) is 4. The van der Waals surface area contributed by atoms with Crippen molar-refractivity contribution < 1.29 is 9.59 Å². The van der Waals surface area contributed by atoms with E-state index in [1.54, 1.807) is 11.1 Å². The Kier molecular flexibility index (Phi) is 5.69. The predicted molar refractivity (Wildman–Crippen MR) is 105 cm³/mol. The lowest BCUT2D eigenvalue weighted by Gasteiger charge is -2.29.